The molecule has 0 bridgehead atoms. The highest BCUT2D eigenvalue weighted by Gasteiger charge is 2.20. The van der Waals surface area contributed by atoms with Crippen molar-refractivity contribution in [1.82, 2.24) is 9.97 Å². The number of hydrogen-bond donors (Lipinski definition) is 2. The van der Waals surface area contributed by atoms with Gasteiger partial charge in [-0.2, -0.15) is 0 Å². The summed E-state index contributed by atoms with van der Waals surface area (Å²) >= 11 is 3.66. The van der Waals surface area contributed by atoms with Crippen molar-refractivity contribution >= 4 is 27.3 Å². The van der Waals surface area contributed by atoms with Crippen LogP contribution >= 0.6 is 15.9 Å². The molecule has 0 amide bonds. The van der Waals surface area contributed by atoms with E-state index in [1.165, 1.54) is 35.1 Å². The Morgan fingerprint density at radius 3 is 1.92 bits per heavy atom. The van der Waals surface area contributed by atoms with E-state index in [1.807, 2.05) is 24.3 Å². The van der Waals surface area contributed by atoms with Crippen LogP contribution in [0.5, 0.6) is 11.8 Å². The van der Waals surface area contributed by atoms with Crippen LogP contribution in [0.3, 0.4) is 0 Å². The lowest BCUT2D eigenvalue weighted by Gasteiger charge is -2.13. The van der Waals surface area contributed by atoms with Gasteiger partial charge in [-0.3, -0.25) is 0 Å². The maximum Gasteiger partial charge on any atom is 0.213 e. The number of methoxy groups -OCH3 is 2. The molecule has 2 aromatic carbocycles. The largest absolute Gasteiger partial charge is 0.481 e. The van der Waals surface area contributed by atoms with Crippen LogP contribution in [0.25, 0.3) is 22.3 Å². The van der Waals surface area contributed by atoms with Crippen molar-refractivity contribution in [3.05, 3.63) is 81.6 Å². The van der Waals surface area contributed by atoms with E-state index in [0.29, 0.717) is 11.8 Å². The minimum Gasteiger partial charge on any atom is -0.481 e. The molecule has 0 unspecified atom stereocenters. The lowest BCUT2D eigenvalue weighted by molar-refractivity contribution is 0.398. The number of nitrogen functional groups attached to an aromatic ring is 2. The molecule has 6 nitrogen and oxygen atoms in total. The fourth-order valence-electron chi connectivity index (χ4n) is 5.32. The smallest absolute Gasteiger partial charge is 0.213 e. The second-order valence-corrected chi connectivity index (χ2v) is 10.2. The van der Waals surface area contributed by atoms with Gasteiger partial charge in [0.15, 0.2) is 0 Å². The van der Waals surface area contributed by atoms with Gasteiger partial charge in [-0.1, -0.05) is 28.1 Å². The fourth-order valence-corrected chi connectivity index (χ4v) is 5.99. The number of rotatable bonds is 4. The van der Waals surface area contributed by atoms with Gasteiger partial charge in [-0.15, -0.1) is 0 Å². The molecule has 7 heteroatoms. The van der Waals surface area contributed by atoms with Gasteiger partial charge in [0.2, 0.25) is 11.8 Å². The zero-order valence-corrected chi connectivity index (χ0v) is 22.8. The summed E-state index contributed by atoms with van der Waals surface area (Å²) in [4.78, 5) is 8.26. The maximum atomic E-state index is 6.35. The lowest BCUT2D eigenvalue weighted by Crippen LogP contribution is -1.98. The van der Waals surface area contributed by atoms with E-state index >= 15 is 0 Å². The number of halogens is 1. The van der Waals surface area contributed by atoms with Crippen molar-refractivity contribution < 1.29 is 9.47 Å². The highest BCUT2D eigenvalue weighted by Crippen LogP contribution is 2.40. The maximum absolute atomic E-state index is 6.35. The Balaban J connectivity index is 0.000000152. The van der Waals surface area contributed by atoms with Crippen LogP contribution in [0.2, 0.25) is 0 Å². The fraction of sp³-hybridized carbons (Fsp3) is 0.267. The summed E-state index contributed by atoms with van der Waals surface area (Å²) in [6.07, 6.45) is 10.3. The second-order valence-electron chi connectivity index (χ2n) is 9.32. The number of fused-ring (bicyclic) bond motifs is 2. The third-order valence-corrected chi connectivity index (χ3v) is 7.94. The van der Waals surface area contributed by atoms with Gasteiger partial charge in [-0.25, -0.2) is 9.97 Å². The summed E-state index contributed by atoms with van der Waals surface area (Å²) in [6, 6.07) is 14.2. The van der Waals surface area contributed by atoms with Crippen LogP contribution in [0.4, 0.5) is 11.4 Å². The standard InChI is InChI=1S/C15H15BrN2O.C15H16N2O/c1-19-14-7-9(5-6-18-14)12-8-13(16)10-3-2-4-11(10)15(12)17;1-18-14-9-11(7-8-17-14)13-6-5-10-3-2-4-12(10)15(13)16/h5-8H,2-4,17H2,1H3;5-9H,2-4,16H2,1H3. The molecule has 190 valence electrons. The molecular weight excluding hydrogens is 528 g/mol. The first-order chi connectivity index (χ1) is 18.0. The number of ether oxygens (including phenoxy) is 2. The third-order valence-electron chi connectivity index (χ3n) is 7.23. The van der Waals surface area contributed by atoms with E-state index in [0.717, 1.165) is 63.8 Å². The Morgan fingerprint density at radius 1 is 0.676 bits per heavy atom. The molecule has 0 aliphatic heterocycles. The number of pyridine rings is 2. The van der Waals surface area contributed by atoms with E-state index < -0.39 is 0 Å². The van der Waals surface area contributed by atoms with Crippen LogP contribution < -0.4 is 20.9 Å². The number of aryl methyl sites for hydroxylation is 1. The SMILES string of the molecule is COc1cc(-c2cc(Br)c3c(c2N)CCC3)ccn1.COc1cc(-c2ccc3c(c2N)CCC3)ccn1. The molecule has 2 aliphatic carbocycles. The molecule has 2 heterocycles. The topological polar surface area (TPSA) is 96.3 Å². The van der Waals surface area contributed by atoms with E-state index in [-0.39, 0.29) is 0 Å². The molecule has 2 aromatic heterocycles. The molecule has 0 fully saturated rings. The molecule has 4 N–H and O–H groups in total. The molecule has 0 spiro atoms. The summed E-state index contributed by atoms with van der Waals surface area (Å²) in [6.45, 7) is 0. The van der Waals surface area contributed by atoms with Crippen LogP contribution in [0.1, 0.15) is 35.1 Å². The summed E-state index contributed by atoms with van der Waals surface area (Å²) in [5.41, 5.74) is 24.1. The number of nitrogens with zero attached hydrogens (tertiary/aromatic N) is 2. The Morgan fingerprint density at radius 2 is 1.24 bits per heavy atom. The number of aromatic nitrogens is 2. The molecule has 4 aromatic rings. The Hall–Kier alpha value is -3.58. The predicted octanol–water partition coefficient (Wildman–Crippen LogP) is 6.42. The average Bonchev–Trinajstić information content (AvgIpc) is 3.62. The monoisotopic (exact) mass is 558 g/mol. The zero-order chi connectivity index (χ0) is 25.9. The average molecular weight is 560 g/mol. The van der Waals surface area contributed by atoms with Crippen molar-refractivity contribution in [1.29, 1.82) is 0 Å². The highest BCUT2D eigenvalue weighted by molar-refractivity contribution is 9.10. The van der Waals surface area contributed by atoms with E-state index in [2.05, 4.69) is 44.1 Å². The zero-order valence-electron chi connectivity index (χ0n) is 21.2. The molecule has 0 saturated carbocycles. The van der Waals surface area contributed by atoms with Crippen molar-refractivity contribution in [2.75, 3.05) is 25.7 Å². The van der Waals surface area contributed by atoms with Gasteiger partial charge in [-0.05, 0) is 90.1 Å². The molecule has 37 heavy (non-hydrogen) atoms. The van der Waals surface area contributed by atoms with E-state index in [9.17, 15) is 0 Å². The minimum absolute atomic E-state index is 0.605. The number of nitrogens with two attached hydrogens (primary N) is 2. The quantitative estimate of drug-likeness (QED) is 0.280. The lowest BCUT2D eigenvalue weighted by atomic mass is 9.98. The molecular formula is C30H31BrN4O2. The van der Waals surface area contributed by atoms with Crippen LogP contribution in [0.15, 0.2) is 59.3 Å². The van der Waals surface area contributed by atoms with Gasteiger partial charge >= 0.3 is 0 Å². The van der Waals surface area contributed by atoms with Crippen molar-refractivity contribution in [3.63, 3.8) is 0 Å². The molecule has 0 radical (unpaired) electrons. The van der Waals surface area contributed by atoms with Crippen LogP contribution in [-0.2, 0) is 25.7 Å². The molecule has 0 atom stereocenters. The molecule has 0 saturated heterocycles. The van der Waals surface area contributed by atoms with Gasteiger partial charge in [0.25, 0.3) is 0 Å². The molecule has 6 rings (SSSR count). The Labute approximate surface area is 226 Å². The minimum atomic E-state index is 0.605. The predicted molar refractivity (Wildman–Crippen MR) is 153 cm³/mol. The van der Waals surface area contributed by atoms with Gasteiger partial charge in [0.1, 0.15) is 0 Å². The number of anilines is 2. The van der Waals surface area contributed by atoms with Gasteiger partial charge < -0.3 is 20.9 Å². The third kappa shape index (κ3) is 5.01. The van der Waals surface area contributed by atoms with E-state index in [1.54, 1.807) is 26.6 Å². The van der Waals surface area contributed by atoms with Crippen LogP contribution in [-0.4, -0.2) is 24.2 Å². The van der Waals surface area contributed by atoms with Gasteiger partial charge in [0, 0.05) is 51.5 Å². The summed E-state index contributed by atoms with van der Waals surface area (Å²) < 4.78 is 11.5. The van der Waals surface area contributed by atoms with Crippen molar-refractivity contribution in [2.45, 2.75) is 38.5 Å². The van der Waals surface area contributed by atoms with Crippen molar-refractivity contribution in [2.24, 2.45) is 0 Å². The Kier molecular flexibility index (Phi) is 7.33. The van der Waals surface area contributed by atoms with Crippen molar-refractivity contribution in [3.8, 4) is 34.0 Å². The first-order valence-electron chi connectivity index (χ1n) is 12.5. The first kappa shape index (κ1) is 25.1. The summed E-state index contributed by atoms with van der Waals surface area (Å²) in [5, 5.41) is 0. The van der Waals surface area contributed by atoms with Gasteiger partial charge in [0.05, 0.1) is 14.2 Å². The normalized spacial score (nSPS) is 13.4. The first-order valence-corrected chi connectivity index (χ1v) is 13.3. The summed E-state index contributed by atoms with van der Waals surface area (Å²) in [7, 11) is 3.24. The Bertz CT molecular complexity index is 1450. The van der Waals surface area contributed by atoms with Crippen LogP contribution in [0, 0.1) is 0 Å². The number of hydrogen-bond acceptors (Lipinski definition) is 6. The highest BCUT2D eigenvalue weighted by atomic mass is 79.9. The molecule has 2 aliphatic rings. The second kappa shape index (κ2) is 10.8. The number of benzene rings is 2. The van der Waals surface area contributed by atoms with E-state index in [4.69, 9.17) is 20.9 Å². The summed E-state index contributed by atoms with van der Waals surface area (Å²) in [5.74, 6) is 1.22.